The molecule has 134 valence electrons. The zero-order chi connectivity index (χ0) is 17.8. The number of aliphatic imine (C=N–C) groups is 1. The molecule has 2 heterocycles. The lowest BCUT2D eigenvalue weighted by Crippen LogP contribution is -2.63. The molecule has 8 heteroatoms. The minimum atomic E-state index is -0.489. The highest BCUT2D eigenvalue weighted by Crippen LogP contribution is 2.28. The van der Waals surface area contributed by atoms with Crippen molar-refractivity contribution in [2.24, 2.45) is 4.99 Å². The van der Waals surface area contributed by atoms with Gasteiger partial charge in [0.25, 0.3) is 5.91 Å². The third-order valence-electron chi connectivity index (χ3n) is 4.32. The monoisotopic (exact) mass is 362 g/mol. The van der Waals surface area contributed by atoms with Crippen molar-refractivity contribution in [1.82, 2.24) is 15.1 Å². The SMILES string of the molecule is COCCN1C(SCCc2ccccc2)=NC2C1C(=O)NC(=O)N2C. The third-order valence-corrected chi connectivity index (χ3v) is 5.33. The highest BCUT2D eigenvalue weighted by atomic mass is 32.2. The first-order valence-corrected chi connectivity index (χ1v) is 9.18. The third kappa shape index (κ3) is 3.80. The van der Waals surface area contributed by atoms with Crippen LogP contribution in [0.3, 0.4) is 0 Å². The lowest BCUT2D eigenvalue weighted by Gasteiger charge is -2.36. The molecule has 3 amide bonds. The van der Waals surface area contributed by atoms with E-state index in [0.717, 1.165) is 17.3 Å². The first-order valence-electron chi connectivity index (χ1n) is 8.19. The van der Waals surface area contributed by atoms with Gasteiger partial charge in [-0.1, -0.05) is 42.1 Å². The van der Waals surface area contributed by atoms with Crippen LogP contribution >= 0.6 is 11.8 Å². The number of nitrogens with zero attached hydrogens (tertiary/aromatic N) is 3. The Kier molecular flexibility index (Phi) is 5.60. The van der Waals surface area contributed by atoms with Gasteiger partial charge in [0.15, 0.2) is 17.4 Å². The maximum atomic E-state index is 12.3. The number of carbonyl (C=O) groups excluding carboxylic acids is 2. The molecular weight excluding hydrogens is 340 g/mol. The molecule has 1 aromatic rings. The molecule has 25 heavy (non-hydrogen) atoms. The predicted octanol–water partition coefficient (Wildman–Crippen LogP) is 1.16. The molecule has 0 spiro atoms. The molecule has 2 atom stereocenters. The molecule has 7 nitrogen and oxygen atoms in total. The fourth-order valence-corrected chi connectivity index (χ4v) is 4.02. The van der Waals surface area contributed by atoms with E-state index in [0.29, 0.717) is 13.2 Å². The summed E-state index contributed by atoms with van der Waals surface area (Å²) in [5, 5.41) is 3.18. The summed E-state index contributed by atoms with van der Waals surface area (Å²) >= 11 is 1.61. The van der Waals surface area contributed by atoms with Crippen molar-refractivity contribution < 1.29 is 14.3 Å². The average molecular weight is 362 g/mol. The van der Waals surface area contributed by atoms with Gasteiger partial charge < -0.3 is 14.5 Å². The van der Waals surface area contributed by atoms with E-state index in [2.05, 4.69) is 22.4 Å². The van der Waals surface area contributed by atoms with Crippen molar-refractivity contribution in [2.45, 2.75) is 18.6 Å². The Bertz CT molecular complexity index is 667. The number of amides is 3. The van der Waals surface area contributed by atoms with Gasteiger partial charge in [-0.3, -0.25) is 10.1 Å². The lowest BCUT2D eigenvalue weighted by atomic mass is 10.1. The molecule has 0 bridgehead atoms. The van der Waals surface area contributed by atoms with E-state index in [1.54, 1.807) is 25.9 Å². The quantitative estimate of drug-likeness (QED) is 0.822. The van der Waals surface area contributed by atoms with Crippen LogP contribution in [0.15, 0.2) is 35.3 Å². The normalized spacial score (nSPS) is 22.7. The van der Waals surface area contributed by atoms with E-state index >= 15 is 0 Å². The largest absolute Gasteiger partial charge is 0.383 e. The van der Waals surface area contributed by atoms with E-state index in [4.69, 9.17) is 4.74 Å². The van der Waals surface area contributed by atoms with Gasteiger partial charge in [0.2, 0.25) is 0 Å². The molecule has 2 unspecified atom stereocenters. The number of urea groups is 1. The van der Waals surface area contributed by atoms with E-state index in [1.165, 1.54) is 10.5 Å². The Labute approximate surface area is 151 Å². The van der Waals surface area contributed by atoms with E-state index in [9.17, 15) is 9.59 Å². The number of imide groups is 1. The number of hydrogen-bond acceptors (Lipinski definition) is 6. The van der Waals surface area contributed by atoms with Crippen molar-refractivity contribution in [1.29, 1.82) is 0 Å². The van der Waals surface area contributed by atoms with E-state index in [1.807, 2.05) is 23.1 Å². The summed E-state index contributed by atoms with van der Waals surface area (Å²) in [6.45, 7) is 1.05. The first-order chi connectivity index (χ1) is 12.1. The number of thioether (sulfide) groups is 1. The van der Waals surface area contributed by atoms with Crippen LogP contribution < -0.4 is 5.32 Å². The number of benzene rings is 1. The van der Waals surface area contributed by atoms with Crippen molar-refractivity contribution in [3.05, 3.63) is 35.9 Å². The van der Waals surface area contributed by atoms with Crippen LogP contribution in [-0.4, -0.2) is 72.2 Å². The lowest BCUT2D eigenvalue weighted by molar-refractivity contribution is -0.127. The Morgan fingerprint density at radius 3 is 2.76 bits per heavy atom. The fraction of sp³-hybridized carbons (Fsp3) is 0.471. The number of methoxy groups -OCH3 is 1. The van der Waals surface area contributed by atoms with Gasteiger partial charge in [0.05, 0.1) is 6.61 Å². The zero-order valence-corrected chi connectivity index (χ0v) is 15.2. The topological polar surface area (TPSA) is 74.2 Å². The second kappa shape index (κ2) is 7.88. The fourth-order valence-electron chi connectivity index (χ4n) is 2.95. The summed E-state index contributed by atoms with van der Waals surface area (Å²) < 4.78 is 5.17. The smallest absolute Gasteiger partial charge is 0.325 e. The second-order valence-corrected chi connectivity index (χ2v) is 7.01. The van der Waals surface area contributed by atoms with Gasteiger partial charge in [0.1, 0.15) is 0 Å². The summed E-state index contributed by atoms with van der Waals surface area (Å²) in [5.74, 6) is 0.553. The van der Waals surface area contributed by atoms with Gasteiger partial charge in [-0.05, 0) is 12.0 Å². The molecule has 0 aliphatic carbocycles. The first kappa shape index (κ1) is 17.8. The van der Waals surface area contributed by atoms with Crippen molar-refractivity contribution >= 4 is 28.9 Å². The summed E-state index contributed by atoms with van der Waals surface area (Å²) in [6.07, 6.45) is 0.441. The zero-order valence-electron chi connectivity index (χ0n) is 14.3. The highest BCUT2D eigenvalue weighted by Gasteiger charge is 2.48. The van der Waals surface area contributed by atoms with Crippen molar-refractivity contribution in [2.75, 3.05) is 33.1 Å². The van der Waals surface area contributed by atoms with Gasteiger partial charge in [0, 0.05) is 26.5 Å². The van der Waals surface area contributed by atoms with Crippen LogP contribution in [0.2, 0.25) is 0 Å². The number of fused-ring (bicyclic) bond motifs is 1. The van der Waals surface area contributed by atoms with Crippen LogP contribution in [0.25, 0.3) is 0 Å². The highest BCUT2D eigenvalue weighted by molar-refractivity contribution is 8.13. The number of amidine groups is 1. The Hall–Kier alpha value is -2.06. The molecule has 3 rings (SSSR count). The van der Waals surface area contributed by atoms with Crippen LogP contribution in [0.4, 0.5) is 4.79 Å². The van der Waals surface area contributed by atoms with Crippen LogP contribution in [0.1, 0.15) is 5.56 Å². The Morgan fingerprint density at radius 1 is 1.28 bits per heavy atom. The van der Waals surface area contributed by atoms with Crippen LogP contribution in [0, 0.1) is 0 Å². The Morgan fingerprint density at radius 2 is 2.04 bits per heavy atom. The molecule has 0 saturated carbocycles. The van der Waals surface area contributed by atoms with Crippen molar-refractivity contribution in [3.63, 3.8) is 0 Å². The number of hydrogen-bond donors (Lipinski definition) is 1. The summed E-state index contributed by atoms with van der Waals surface area (Å²) in [4.78, 5) is 32.3. The van der Waals surface area contributed by atoms with Crippen molar-refractivity contribution in [3.8, 4) is 0 Å². The number of ether oxygens (including phenoxy) is 1. The molecular formula is C17H22N4O3S. The van der Waals surface area contributed by atoms with Gasteiger partial charge in [-0.15, -0.1) is 0 Å². The summed E-state index contributed by atoms with van der Waals surface area (Å²) in [7, 11) is 3.29. The molecule has 1 N–H and O–H groups in total. The predicted molar refractivity (Wildman–Crippen MR) is 97.5 cm³/mol. The standard InChI is InChI=1S/C17H22N4O3S/c1-20-14-13(15(22)19-16(20)23)21(9-10-24-2)17(18-14)25-11-8-12-6-4-3-5-7-12/h3-7,13-14H,8-11H2,1-2H3,(H,19,22,23). The minimum Gasteiger partial charge on any atom is -0.383 e. The Balaban J connectivity index is 1.70. The molecule has 2 aliphatic rings. The van der Waals surface area contributed by atoms with Gasteiger partial charge in [-0.2, -0.15) is 0 Å². The number of carbonyl (C=O) groups is 2. The molecule has 0 aromatic heterocycles. The van der Waals surface area contributed by atoms with Crippen LogP contribution in [-0.2, 0) is 16.0 Å². The summed E-state index contributed by atoms with van der Waals surface area (Å²) in [5.41, 5.74) is 1.26. The number of likely N-dealkylation sites (N-methyl/N-ethyl adjacent to an activating group) is 1. The molecule has 1 saturated heterocycles. The van der Waals surface area contributed by atoms with E-state index in [-0.39, 0.29) is 5.91 Å². The number of aryl methyl sites for hydroxylation is 1. The van der Waals surface area contributed by atoms with E-state index < -0.39 is 18.2 Å². The van der Waals surface area contributed by atoms with Gasteiger partial charge in [-0.25, -0.2) is 9.79 Å². The average Bonchev–Trinajstić information content (AvgIpc) is 2.98. The molecule has 1 aromatic carbocycles. The van der Waals surface area contributed by atoms with Crippen LogP contribution in [0.5, 0.6) is 0 Å². The van der Waals surface area contributed by atoms with Gasteiger partial charge >= 0.3 is 6.03 Å². The summed E-state index contributed by atoms with van der Waals surface area (Å²) in [6, 6.07) is 9.35. The number of rotatable bonds is 6. The second-order valence-electron chi connectivity index (χ2n) is 5.95. The minimum absolute atomic E-state index is 0.299. The maximum absolute atomic E-state index is 12.3. The maximum Gasteiger partial charge on any atom is 0.325 e. The number of nitrogens with one attached hydrogen (secondary N) is 1. The molecule has 1 fully saturated rings. The molecule has 2 aliphatic heterocycles. The molecule has 0 radical (unpaired) electrons.